The SMILES string of the molecule is C=C(CC)N1CCc2c([nH]c3ccccc23)[C@@H]1c1c(F)cc(/C=C/C(=O)O)cc1F. The molecular weight excluding hydrogens is 386 g/mol. The molecule has 0 spiro atoms. The highest BCUT2D eigenvalue weighted by molar-refractivity contribution is 5.86. The molecule has 6 heteroatoms. The van der Waals surface area contributed by atoms with Crippen molar-refractivity contribution in [1.29, 1.82) is 0 Å². The third-order valence-corrected chi connectivity index (χ3v) is 5.64. The van der Waals surface area contributed by atoms with Crippen molar-refractivity contribution in [2.45, 2.75) is 25.8 Å². The molecule has 0 fully saturated rings. The van der Waals surface area contributed by atoms with Crippen molar-refractivity contribution in [3.63, 3.8) is 0 Å². The number of para-hydroxylation sites is 1. The van der Waals surface area contributed by atoms with Crippen molar-refractivity contribution >= 4 is 22.9 Å². The van der Waals surface area contributed by atoms with E-state index in [0.717, 1.165) is 40.4 Å². The monoisotopic (exact) mass is 408 g/mol. The number of H-pyrrole nitrogens is 1. The number of fused-ring (bicyclic) bond motifs is 3. The molecular formula is C24H22F2N2O2. The van der Waals surface area contributed by atoms with Crippen molar-refractivity contribution in [3.05, 3.63) is 88.8 Å². The van der Waals surface area contributed by atoms with Gasteiger partial charge >= 0.3 is 5.97 Å². The number of benzene rings is 2. The normalized spacial score (nSPS) is 16.2. The van der Waals surface area contributed by atoms with Gasteiger partial charge in [-0.2, -0.15) is 0 Å². The third-order valence-electron chi connectivity index (χ3n) is 5.64. The summed E-state index contributed by atoms with van der Waals surface area (Å²) in [6.45, 7) is 6.68. The Hall–Kier alpha value is -3.41. The van der Waals surface area contributed by atoms with Gasteiger partial charge < -0.3 is 15.0 Å². The van der Waals surface area contributed by atoms with E-state index >= 15 is 8.78 Å². The van der Waals surface area contributed by atoms with E-state index in [-0.39, 0.29) is 11.1 Å². The Bertz CT molecular complexity index is 1160. The van der Waals surface area contributed by atoms with E-state index in [9.17, 15) is 4.79 Å². The van der Waals surface area contributed by atoms with Crippen molar-refractivity contribution in [2.75, 3.05) is 6.54 Å². The molecule has 4 nitrogen and oxygen atoms in total. The number of nitrogens with zero attached hydrogens (tertiary/aromatic N) is 1. The van der Waals surface area contributed by atoms with Crippen LogP contribution in [0.2, 0.25) is 0 Å². The Morgan fingerprint density at radius 3 is 2.67 bits per heavy atom. The predicted octanol–water partition coefficient (Wildman–Crippen LogP) is 5.42. The zero-order valence-corrected chi connectivity index (χ0v) is 16.6. The predicted molar refractivity (Wildman–Crippen MR) is 113 cm³/mol. The van der Waals surface area contributed by atoms with Crippen LogP contribution < -0.4 is 0 Å². The number of aromatic nitrogens is 1. The van der Waals surface area contributed by atoms with E-state index in [1.807, 2.05) is 36.1 Å². The minimum Gasteiger partial charge on any atom is -0.478 e. The molecule has 1 aliphatic heterocycles. The lowest BCUT2D eigenvalue weighted by Crippen LogP contribution is -2.36. The molecule has 0 radical (unpaired) electrons. The first-order chi connectivity index (χ1) is 14.4. The Labute approximate surface area is 173 Å². The largest absolute Gasteiger partial charge is 0.478 e. The Kier molecular flexibility index (Phi) is 5.16. The smallest absolute Gasteiger partial charge is 0.328 e. The third kappa shape index (κ3) is 3.38. The van der Waals surface area contributed by atoms with Crippen LogP contribution in [0.5, 0.6) is 0 Å². The van der Waals surface area contributed by atoms with E-state index in [2.05, 4.69) is 11.6 Å². The zero-order valence-electron chi connectivity index (χ0n) is 16.6. The van der Waals surface area contributed by atoms with Gasteiger partial charge in [0.1, 0.15) is 17.7 Å². The molecule has 1 aromatic heterocycles. The molecule has 0 saturated carbocycles. The minimum absolute atomic E-state index is 0.0652. The van der Waals surface area contributed by atoms with Crippen LogP contribution in [0.1, 0.15) is 41.8 Å². The van der Waals surface area contributed by atoms with E-state index in [4.69, 9.17) is 5.11 Å². The molecule has 30 heavy (non-hydrogen) atoms. The van der Waals surface area contributed by atoms with Crippen LogP contribution in [0, 0.1) is 11.6 Å². The van der Waals surface area contributed by atoms with Crippen molar-refractivity contribution < 1.29 is 18.7 Å². The summed E-state index contributed by atoms with van der Waals surface area (Å²) >= 11 is 0. The summed E-state index contributed by atoms with van der Waals surface area (Å²) in [5.74, 6) is -2.61. The van der Waals surface area contributed by atoms with Crippen LogP contribution in [0.15, 0.2) is 54.8 Å². The number of hydrogen-bond donors (Lipinski definition) is 2. The highest BCUT2D eigenvalue weighted by Crippen LogP contribution is 2.42. The molecule has 2 heterocycles. The summed E-state index contributed by atoms with van der Waals surface area (Å²) < 4.78 is 30.4. The van der Waals surface area contributed by atoms with Gasteiger partial charge in [0.05, 0.1) is 5.56 Å². The van der Waals surface area contributed by atoms with Crippen molar-refractivity contribution in [2.24, 2.45) is 0 Å². The fourth-order valence-corrected chi connectivity index (χ4v) is 4.21. The first-order valence-electron chi connectivity index (χ1n) is 9.84. The summed E-state index contributed by atoms with van der Waals surface area (Å²) in [5.41, 5.74) is 3.65. The standard InChI is InChI=1S/C24H22F2N2O2/c1-3-14(2)28-11-10-17-16-6-4-5-7-20(16)27-23(17)24(28)22-18(25)12-15(13-19(22)26)8-9-21(29)30/h4-9,12-13,24,27H,2-3,10-11H2,1H3,(H,29,30)/b9-8+/t24-/m0/s1. The van der Waals surface area contributed by atoms with Crippen LogP contribution >= 0.6 is 0 Å². The molecule has 0 saturated heterocycles. The van der Waals surface area contributed by atoms with Gasteiger partial charge in [-0.25, -0.2) is 13.6 Å². The summed E-state index contributed by atoms with van der Waals surface area (Å²) in [7, 11) is 0. The lowest BCUT2D eigenvalue weighted by molar-refractivity contribution is -0.131. The average Bonchev–Trinajstić information content (AvgIpc) is 3.10. The quantitative estimate of drug-likeness (QED) is 0.555. The van der Waals surface area contributed by atoms with Gasteiger partial charge in [-0.15, -0.1) is 0 Å². The van der Waals surface area contributed by atoms with E-state index in [0.29, 0.717) is 13.0 Å². The Balaban J connectivity index is 1.90. The molecule has 0 unspecified atom stereocenters. The number of aliphatic carboxylic acids is 1. The van der Waals surface area contributed by atoms with Gasteiger partial charge in [0.2, 0.25) is 0 Å². The molecule has 154 valence electrons. The van der Waals surface area contributed by atoms with E-state index in [1.54, 1.807) is 0 Å². The van der Waals surface area contributed by atoms with Crippen molar-refractivity contribution in [1.82, 2.24) is 9.88 Å². The van der Waals surface area contributed by atoms with Crippen molar-refractivity contribution in [3.8, 4) is 0 Å². The molecule has 4 rings (SSSR count). The number of allylic oxidation sites excluding steroid dienone is 1. The Morgan fingerprint density at radius 2 is 2.00 bits per heavy atom. The van der Waals surface area contributed by atoms with Gasteiger partial charge in [-0.1, -0.05) is 31.7 Å². The van der Waals surface area contributed by atoms with Gasteiger partial charge in [0.15, 0.2) is 0 Å². The van der Waals surface area contributed by atoms with Gasteiger partial charge in [0, 0.05) is 34.9 Å². The number of carbonyl (C=O) groups is 1. The van der Waals surface area contributed by atoms with E-state index < -0.39 is 23.6 Å². The maximum atomic E-state index is 15.2. The van der Waals surface area contributed by atoms with Crippen LogP contribution in [0.3, 0.4) is 0 Å². The molecule has 1 atom stereocenters. The first kappa shape index (κ1) is 19.9. The molecule has 0 aliphatic carbocycles. The topological polar surface area (TPSA) is 56.3 Å². The lowest BCUT2D eigenvalue weighted by Gasteiger charge is -2.39. The highest BCUT2D eigenvalue weighted by Gasteiger charge is 2.35. The first-order valence-corrected chi connectivity index (χ1v) is 9.84. The average molecular weight is 408 g/mol. The molecule has 2 aromatic carbocycles. The number of rotatable bonds is 5. The number of aromatic amines is 1. The van der Waals surface area contributed by atoms with Gasteiger partial charge in [-0.3, -0.25) is 0 Å². The lowest BCUT2D eigenvalue weighted by atomic mass is 9.90. The summed E-state index contributed by atoms with van der Waals surface area (Å²) in [6, 6.07) is 9.50. The van der Waals surface area contributed by atoms with Gasteiger partial charge in [0.25, 0.3) is 0 Å². The fraction of sp³-hybridized carbons (Fsp3) is 0.208. The number of halogens is 2. The van der Waals surface area contributed by atoms with Crippen LogP contribution in [0.4, 0.5) is 8.78 Å². The molecule has 0 amide bonds. The van der Waals surface area contributed by atoms with Crippen LogP contribution in [-0.2, 0) is 11.2 Å². The second-order valence-electron chi connectivity index (χ2n) is 7.40. The fourth-order valence-electron chi connectivity index (χ4n) is 4.21. The van der Waals surface area contributed by atoms with E-state index in [1.165, 1.54) is 18.2 Å². The summed E-state index contributed by atoms with van der Waals surface area (Å²) in [6.07, 6.45) is 3.44. The maximum absolute atomic E-state index is 15.2. The minimum atomic E-state index is -1.18. The number of hydrogen-bond acceptors (Lipinski definition) is 2. The number of carboxylic acids is 1. The Morgan fingerprint density at radius 1 is 1.30 bits per heavy atom. The van der Waals surface area contributed by atoms with Gasteiger partial charge in [-0.05, 0) is 48.2 Å². The number of carboxylic acid groups (broad SMARTS) is 1. The summed E-state index contributed by atoms with van der Waals surface area (Å²) in [4.78, 5) is 16.1. The second-order valence-corrected chi connectivity index (χ2v) is 7.40. The zero-order chi connectivity index (χ0) is 21.4. The highest BCUT2D eigenvalue weighted by atomic mass is 19.1. The molecule has 0 bridgehead atoms. The van der Waals surface area contributed by atoms with Crippen LogP contribution in [0.25, 0.3) is 17.0 Å². The molecule has 3 aromatic rings. The molecule has 2 N–H and O–H groups in total. The maximum Gasteiger partial charge on any atom is 0.328 e. The molecule has 1 aliphatic rings. The second kappa shape index (κ2) is 7.78. The number of nitrogens with one attached hydrogen (secondary N) is 1. The summed E-state index contributed by atoms with van der Waals surface area (Å²) in [5, 5.41) is 9.83. The van der Waals surface area contributed by atoms with Crippen LogP contribution in [-0.4, -0.2) is 27.5 Å².